The predicted octanol–water partition coefficient (Wildman–Crippen LogP) is 4.69. The topological polar surface area (TPSA) is 41.6 Å². The number of nitrogens with one attached hydrogen (secondary N) is 1. The van der Waals surface area contributed by atoms with Gasteiger partial charge in [-0.25, -0.2) is 0 Å². The Morgan fingerprint density at radius 3 is 2.78 bits per heavy atom. The normalized spacial score (nSPS) is 17.5. The molecule has 1 heterocycles. The van der Waals surface area contributed by atoms with Gasteiger partial charge in [0.15, 0.2) is 0 Å². The number of carbonyl (C=O) groups is 1. The summed E-state index contributed by atoms with van der Waals surface area (Å²) >= 11 is 6.30. The van der Waals surface area contributed by atoms with Crippen molar-refractivity contribution in [3.8, 4) is 5.75 Å². The van der Waals surface area contributed by atoms with E-state index < -0.39 is 0 Å². The average molecular weight is 387 g/mol. The third-order valence-corrected chi connectivity index (χ3v) is 5.19. The molecule has 0 spiro atoms. The third-order valence-electron chi connectivity index (χ3n) is 4.90. The monoisotopic (exact) mass is 386 g/mol. The lowest BCUT2D eigenvalue weighted by molar-refractivity contribution is -0.117. The molecule has 3 rings (SSSR count). The minimum Gasteiger partial charge on any atom is -0.493 e. The highest BCUT2D eigenvalue weighted by Gasteiger charge is 2.22. The van der Waals surface area contributed by atoms with E-state index in [2.05, 4.69) is 10.2 Å². The maximum Gasteiger partial charge on any atom is 0.238 e. The van der Waals surface area contributed by atoms with Crippen molar-refractivity contribution in [2.75, 3.05) is 31.6 Å². The third kappa shape index (κ3) is 5.72. The number of halogens is 1. The van der Waals surface area contributed by atoms with E-state index in [1.807, 2.05) is 56.3 Å². The van der Waals surface area contributed by atoms with Crippen LogP contribution in [-0.4, -0.2) is 37.0 Å². The molecule has 0 aliphatic carbocycles. The summed E-state index contributed by atoms with van der Waals surface area (Å²) in [5, 5.41) is 3.57. The number of nitrogens with zero attached hydrogens (tertiary/aromatic N) is 1. The Labute approximate surface area is 166 Å². The zero-order chi connectivity index (χ0) is 19.2. The lowest BCUT2D eigenvalue weighted by atomic mass is 9.99. The van der Waals surface area contributed by atoms with E-state index in [1.54, 1.807) is 0 Å². The maximum absolute atomic E-state index is 12.5. The second kappa shape index (κ2) is 9.25. The molecule has 2 aromatic carbocycles. The number of amides is 1. The summed E-state index contributed by atoms with van der Waals surface area (Å²) in [6.07, 6.45) is 2.22. The van der Waals surface area contributed by atoms with Crippen LogP contribution in [0.25, 0.3) is 0 Å². The van der Waals surface area contributed by atoms with Gasteiger partial charge in [-0.1, -0.05) is 35.9 Å². The van der Waals surface area contributed by atoms with Crippen LogP contribution in [0.4, 0.5) is 5.69 Å². The summed E-state index contributed by atoms with van der Waals surface area (Å²) in [5.41, 5.74) is 2.79. The first-order chi connectivity index (χ1) is 13.0. The number of rotatable bonds is 6. The molecule has 1 N–H and O–H groups in total. The zero-order valence-corrected chi connectivity index (χ0v) is 16.8. The summed E-state index contributed by atoms with van der Waals surface area (Å²) in [6.45, 7) is 6.84. The molecule has 1 unspecified atom stereocenters. The van der Waals surface area contributed by atoms with Crippen molar-refractivity contribution in [1.29, 1.82) is 0 Å². The van der Waals surface area contributed by atoms with Gasteiger partial charge >= 0.3 is 0 Å². The predicted molar refractivity (Wildman–Crippen MR) is 111 cm³/mol. The van der Waals surface area contributed by atoms with Crippen LogP contribution in [0.3, 0.4) is 0 Å². The number of aryl methyl sites for hydroxylation is 2. The van der Waals surface area contributed by atoms with Crippen LogP contribution in [0, 0.1) is 19.8 Å². The number of anilines is 1. The minimum atomic E-state index is -0.0199. The van der Waals surface area contributed by atoms with Crippen LogP contribution >= 0.6 is 11.6 Å². The van der Waals surface area contributed by atoms with Crippen molar-refractivity contribution in [1.82, 2.24) is 4.90 Å². The maximum atomic E-state index is 12.5. The standard InChI is InChI=1S/C22H27ClN2O2/c1-16-11-17(2)22(20(23)12-16)24-21(26)14-25-10-6-7-18(13-25)15-27-19-8-4-3-5-9-19/h3-5,8-9,11-12,18H,6-7,10,13-15H2,1-2H3,(H,24,26). The smallest absolute Gasteiger partial charge is 0.238 e. The molecule has 144 valence electrons. The molecule has 0 aromatic heterocycles. The van der Waals surface area contributed by atoms with Gasteiger partial charge in [-0.15, -0.1) is 0 Å². The number of piperidine rings is 1. The molecule has 2 aromatic rings. The van der Waals surface area contributed by atoms with E-state index >= 15 is 0 Å². The van der Waals surface area contributed by atoms with E-state index in [1.165, 1.54) is 0 Å². The van der Waals surface area contributed by atoms with Crippen LogP contribution in [0.5, 0.6) is 5.75 Å². The van der Waals surface area contributed by atoms with Gasteiger partial charge < -0.3 is 10.1 Å². The first-order valence-corrected chi connectivity index (χ1v) is 9.86. The highest BCUT2D eigenvalue weighted by Crippen LogP contribution is 2.27. The molecule has 4 nitrogen and oxygen atoms in total. The average Bonchev–Trinajstić information content (AvgIpc) is 2.64. The van der Waals surface area contributed by atoms with E-state index in [9.17, 15) is 4.79 Å². The van der Waals surface area contributed by atoms with E-state index in [4.69, 9.17) is 16.3 Å². The summed E-state index contributed by atoms with van der Waals surface area (Å²) in [5.74, 6) is 1.32. The summed E-state index contributed by atoms with van der Waals surface area (Å²) in [7, 11) is 0. The Kier molecular flexibility index (Phi) is 6.75. The lowest BCUT2D eigenvalue weighted by Crippen LogP contribution is -2.42. The highest BCUT2D eigenvalue weighted by molar-refractivity contribution is 6.34. The van der Waals surface area contributed by atoms with Gasteiger partial charge in [-0.05, 0) is 62.6 Å². The number of likely N-dealkylation sites (tertiary alicyclic amines) is 1. The molecule has 1 fully saturated rings. The van der Waals surface area contributed by atoms with Gasteiger partial charge in [0.05, 0.1) is 23.9 Å². The van der Waals surface area contributed by atoms with Gasteiger partial charge in [0, 0.05) is 12.5 Å². The van der Waals surface area contributed by atoms with E-state index in [0.717, 1.165) is 42.8 Å². The van der Waals surface area contributed by atoms with E-state index in [-0.39, 0.29) is 5.91 Å². The first kappa shape index (κ1) is 19.7. The van der Waals surface area contributed by atoms with Crippen molar-refractivity contribution >= 4 is 23.2 Å². The molecule has 1 aliphatic heterocycles. The van der Waals surface area contributed by atoms with Gasteiger partial charge in [-0.2, -0.15) is 0 Å². The number of para-hydroxylation sites is 1. The van der Waals surface area contributed by atoms with Crippen molar-refractivity contribution in [2.24, 2.45) is 5.92 Å². The molecule has 0 bridgehead atoms. The van der Waals surface area contributed by atoms with Crippen molar-refractivity contribution in [2.45, 2.75) is 26.7 Å². The molecule has 0 radical (unpaired) electrons. The van der Waals surface area contributed by atoms with Gasteiger partial charge in [0.1, 0.15) is 5.75 Å². The van der Waals surface area contributed by atoms with Crippen molar-refractivity contribution < 1.29 is 9.53 Å². The molecular weight excluding hydrogens is 360 g/mol. The Bertz CT molecular complexity index is 756. The molecule has 1 saturated heterocycles. The SMILES string of the molecule is Cc1cc(C)c(NC(=O)CN2CCCC(COc3ccccc3)C2)c(Cl)c1. The van der Waals surface area contributed by atoms with Gasteiger partial charge in [-0.3, -0.25) is 9.69 Å². The van der Waals surface area contributed by atoms with Crippen LogP contribution in [0.1, 0.15) is 24.0 Å². The molecule has 1 amide bonds. The molecule has 27 heavy (non-hydrogen) atoms. The van der Waals surface area contributed by atoms with Crippen LogP contribution < -0.4 is 10.1 Å². The van der Waals surface area contributed by atoms with Gasteiger partial charge in [0.2, 0.25) is 5.91 Å². The first-order valence-electron chi connectivity index (χ1n) is 9.48. The second-order valence-corrected chi connectivity index (χ2v) is 7.76. The Morgan fingerprint density at radius 1 is 1.26 bits per heavy atom. The van der Waals surface area contributed by atoms with Crippen LogP contribution in [-0.2, 0) is 4.79 Å². The van der Waals surface area contributed by atoms with E-state index in [0.29, 0.717) is 29.8 Å². The Morgan fingerprint density at radius 2 is 2.04 bits per heavy atom. The fourth-order valence-corrected chi connectivity index (χ4v) is 3.99. The number of hydrogen-bond acceptors (Lipinski definition) is 3. The summed E-state index contributed by atoms with van der Waals surface area (Å²) in [6, 6.07) is 13.8. The molecule has 1 atom stereocenters. The number of ether oxygens (including phenoxy) is 1. The number of benzene rings is 2. The van der Waals surface area contributed by atoms with Crippen LogP contribution in [0.15, 0.2) is 42.5 Å². The molecule has 5 heteroatoms. The molecule has 0 saturated carbocycles. The fraction of sp³-hybridized carbons (Fsp3) is 0.409. The molecule has 1 aliphatic rings. The number of carbonyl (C=O) groups excluding carboxylic acids is 1. The minimum absolute atomic E-state index is 0.0199. The van der Waals surface area contributed by atoms with Crippen LogP contribution in [0.2, 0.25) is 5.02 Å². The number of hydrogen-bond donors (Lipinski definition) is 1. The Hall–Kier alpha value is -2.04. The van der Waals surface area contributed by atoms with Crippen molar-refractivity contribution in [3.63, 3.8) is 0 Å². The van der Waals surface area contributed by atoms with Gasteiger partial charge in [0.25, 0.3) is 0 Å². The summed E-state index contributed by atoms with van der Waals surface area (Å²) < 4.78 is 5.89. The van der Waals surface area contributed by atoms with Crippen molar-refractivity contribution in [3.05, 3.63) is 58.6 Å². The zero-order valence-electron chi connectivity index (χ0n) is 16.0. The Balaban J connectivity index is 1.50. The quantitative estimate of drug-likeness (QED) is 0.783. The summed E-state index contributed by atoms with van der Waals surface area (Å²) in [4.78, 5) is 14.7. The largest absolute Gasteiger partial charge is 0.493 e. The highest BCUT2D eigenvalue weighted by atomic mass is 35.5. The second-order valence-electron chi connectivity index (χ2n) is 7.35. The lowest BCUT2D eigenvalue weighted by Gasteiger charge is -2.32. The molecular formula is C22H27ClN2O2. The fourth-order valence-electron chi connectivity index (χ4n) is 3.62.